The number of carbonyl (C=O) groups is 1. The maximum Gasteiger partial charge on any atom is 0.411 e. The smallest absolute Gasteiger partial charge is 0.411 e. The molecule has 0 saturated carbocycles. The van der Waals surface area contributed by atoms with Crippen LogP contribution < -0.4 is 10.6 Å². The summed E-state index contributed by atoms with van der Waals surface area (Å²) < 4.78 is 14.5. The van der Waals surface area contributed by atoms with E-state index in [0.29, 0.717) is 50.8 Å². The first-order valence-electron chi connectivity index (χ1n) is 13.5. The standard InChI is InChI=1S/C29H32N8O3/c1-2-24-25(34-29(38)40-15-12-35-10-13-39-14-11-35)19-37-27(24)28(30-20-32-37)33-23-8-9-26-22(16-23)17-31-36(26)18-21-6-4-3-5-7-21/h3-9,16-17,19-20H,2,10-15,18H2,1H3,(H,34,38)(H,30,32,33). The number of ether oxygens (including phenoxy) is 2. The number of anilines is 3. The van der Waals surface area contributed by atoms with Gasteiger partial charge in [-0.1, -0.05) is 37.3 Å². The van der Waals surface area contributed by atoms with Crippen molar-refractivity contribution < 1.29 is 14.3 Å². The Labute approximate surface area is 231 Å². The van der Waals surface area contributed by atoms with Gasteiger partial charge in [0.1, 0.15) is 18.5 Å². The molecule has 11 nitrogen and oxygen atoms in total. The lowest BCUT2D eigenvalue weighted by atomic mass is 10.2. The molecule has 4 heterocycles. The van der Waals surface area contributed by atoms with Crippen molar-refractivity contribution in [1.29, 1.82) is 0 Å². The van der Waals surface area contributed by atoms with Gasteiger partial charge in [0.25, 0.3) is 0 Å². The van der Waals surface area contributed by atoms with Crippen LogP contribution >= 0.6 is 0 Å². The van der Waals surface area contributed by atoms with Gasteiger partial charge in [-0.15, -0.1) is 0 Å². The van der Waals surface area contributed by atoms with E-state index in [1.807, 2.05) is 42.1 Å². The van der Waals surface area contributed by atoms with Crippen molar-refractivity contribution in [3.8, 4) is 0 Å². The second kappa shape index (κ2) is 11.7. The zero-order chi connectivity index (χ0) is 27.3. The predicted molar refractivity (Wildman–Crippen MR) is 153 cm³/mol. The summed E-state index contributed by atoms with van der Waals surface area (Å²) in [5, 5.41) is 16.3. The maximum atomic E-state index is 12.6. The van der Waals surface area contributed by atoms with Crippen molar-refractivity contribution in [3.05, 3.63) is 78.4 Å². The Hall–Kier alpha value is -4.48. The Morgan fingerprint density at radius 2 is 1.95 bits per heavy atom. The van der Waals surface area contributed by atoms with Crippen molar-refractivity contribution >= 4 is 39.7 Å². The topological polar surface area (TPSA) is 111 Å². The number of carbonyl (C=O) groups excluding carboxylic acids is 1. The zero-order valence-electron chi connectivity index (χ0n) is 22.4. The first-order chi connectivity index (χ1) is 19.7. The largest absolute Gasteiger partial charge is 0.448 e. The van der Waals surface area contributed by atoms with E-state index >= 15 is 0 Å². The zero-order valence-corrected chi connectivity index (χ0v) is 22.4. The fourth-order valence-corrected chi connectivity index (χ4v) is 5.05. The number of benzene rings is 2. The van der Waals surface area contributed by atoms with Gasteiger partial charge >= 0.3 is 6.09 Å². The summed E-state index contributed by atoms with van der Waals surface area (Å²) in [6, 6.07) is 16.4. The molecular weight excluding hydrogens is 508 g/mol. The van der Waals surface area contributed by atoms with E-state index in [0.717, 1.165) is 40.8 Å². The molecule has 2 aromatic carbocycles. The normalized spacial score (nSPS) is 14.0. The highest BCUT2D eigenvalue weighted by molar-refractivity contribution is 5.91. The van der Waals surface area contributed by atoms with E-state index in [4.69, 9.17) is 9.47 Å². The highest BCUT2D eigenvalue weighted by Gasteiger charge is 2.18. The fourth-order valence-electron chi connectivity index (χ4n) is 5.05. The molecule has 6 rings (SSSR count). The number of aryl methyl sites for hydroxylation is 1. The number of aromatic nitrogens is 5. The van der Waals surface area contributed by atoms with Crippen LogP contribution in [0.3, 0.4) is 0 Å². The molecule has 0 spiro atoms. The van der Waals surface area contributed by atoms with Gasteiger partial charge in [-0.3, -0.25) is 14.9 Å². The van der Waals surface area contributed by atoms with Gasteiger partial charge in [0.05, 0.1) is 43.4 Å². The van der Waals surface area contributed by atoms with Crippen LogP contribution in [0.1, 0.15) is 18.1 Å². The molecule has 0 atom stereocenters. The third-order valence-corrected chi connectivity index (χ3v) is 7.09. The van der Waals surface area contributed by atoms with Crippen molar-refractivity contribution in [2.75, 3.05) is 50.1 Å². The quantitative estimate of drug-likeness (QED) is 0.285. The fraction of sp³-hybridized carbons (Fsp3) is 0.310. The SMILES string of the molecule is CCc1c(NC(=O)OCCN2CCOCC2)cn2ncnc(Nc3ccc4c(cnn4Cc4ccccc4)c3)c12. The van der Waals surface area contributed by atoms with Crippen molar-refractivity contribution in [2.24, 2.45) is 0 Å². The molecule has 0 bridgehead atoms. The van der Waals surface area contributed by atoms with E-state index in [1.54, 1.807) is 10.7 Å². The van der Waals surface area contributed by atoms with Gasteiger partial charge in [0, 0.05) is 36.3 Å². The number of amides is 1. The molecule has 1 saturated heterocycles. The van der Waals surface area contributed by atoms with Crippen molar-refractivity contribution in [2.45, 2.75) is 19.9 Å². The van der Waals surface area contributed by atoms with Crippen LogP contribution in [0, 0.1) is 0 Å². The summed E-state index contributed by atoms with van der Waals surface area (Å²) in [5.74, 6) is 0.650. The summed E-state index contributed by atoms with van der Waals surface area (Å²) in [6.45, 7) is 6.88. The highest BCUT2D eigenvalue weighted by Crippen LogP contribution is 2.30. The minimum atomic E-state index is -0.487. The average Bonchev–Trinajstić information content (AvgIpc) is 3.54. The Morgan fingerprint density at radius 1 is 1.10 bits per heavy atom. The van der Waals surface area contributed by atoms with Crippen molar-refractivity contribution in [1.82, 2.24) is 29.3 Å². The number of nitrogens with zero attached hydrogens (tertiary/aromatic N) is 6. The van der Waals surface area contributed by atoms with E-state index in [-0.39, 0.29) is 0 Å². The molecule has 11 heteroatoms. The molecule has 40 heavy (non-hydrogen) atoms. The molecule has 1 aliphatic heterocycles. The summed E-state index contributed by atoms with van der Waals surface area (Å²) in [7, 11) is 0. The summed E-state index contributed by atoms with van der Waals surface area (Å²) in [6.07, 6.45) is 5.35. The van der Waals surface area contributed by atoms with E-state index in [2.05, 4.69) is 55.0 Å². The van der Waals surface area contributed by atoms with E-state index in [9.17, 15) is 4.79 Å². The summed E-state index contributed by atoms with van der Waals surface area (Å²) in [4.78, 5) is 19.3. The van der Waals surface area contributed by atoms with Crippen LogP contribution in [-0.4, -0.2) is 74.8 Å². The van der Waals surface area contributed by atoms with Crippen LogP contribution in [0.2, 0.25) is 0 Å². The Balaban J connectivity index is 1.17. The Bertz CT molecular complexity index is 1610. The van der Waals surface area contributed by atoms with Gasteiger partial charge in [-0.05, 0) is 30.2 Å². The number of hydrogen-bond acceptors (Lipinski definition) is 8. The maximum absolute atomic E-state index is 12.6. The summed E-state index contributed by atoms with van der Waals surface area (Å²) >= 11 is 0. The van der Waals surface area contributed by atoms with Gasteiger partial charge in [0.2, 0.25) is 0 Å². The monoisotopic (exact) mass is 540 g/mol. The molecule has 3 aromatic heterocycles. The second-order valence-electron chi connectivity index (χ2n) is 9.68. The van der Waals surface area contributed by atoms with Crippen LogP contribution in [0.15, 0.2) is 67.3 Å². The molecule has 0 aliphatic carbocycles. The van der Waals surface area contributed by atoms with Crippen molar-refractivity contribution in [3.63, 3.8) is 0 Å². The van der Waals surface area contributed by atoms with Gasteiger partial charge in [0.15, 0.2) is 5.82 Å². The Kier molecular flexibility index (Phi) is 7.56. The summed E-state index contributed by atoms with van der Waals surface area (Å²) in [5.41, 5.74) is 5.51. The first kappa shape index (κ1) is 25.8. The predicted octanol–water partition coefficient (Wildman–Crippen LogP) is 4.31. The Morgan fingerprint density at radius 3 is 2.77 bits per heavy atom. The molecule has 0 unspecified atom stereocenters. The number of morpholine rings is 1. The lowest BCUT2D eigenvalue weighted by Crippen LogP contribution is -2.38. The number of fused-ring (bicyclic) bond motifs is 2. The van der Waals surface area contributed by atoms with E-state index in [1.165, 1.54) is 11.9 Å². The molecule has 0 radical (unpaired) electrons. The van der Waals surface area contributed by atoms with Crippen LogP contribution in [0.25, 0.3) is 16.4 Å². The molecule has 1 aliphatic rings. The lowest BCUT2D eigenvalue weighted by Gasteiger charge is -2.26. The lowest BCUT2D eigenvalue weighted by molar-refractivity contribution is 0.0290. The third kappa shape index (κ3) is 5.61. The molecule has 1 amide bonds. The van der Waals surface area contributed by atoms with Crippen LogP contribution in [0.5, 0.6) is 0 Å². The minimum absolute atomic E-state index is 0.317. The van der Waals surface area contributed by atoms with Gasteiger partial charge < -0.3 is 14.8 Å². The number of hydrogen-bond donors (Lipinski definition) is 2. The molecule has 1 fully saturated rings. The molecule has 2 N–H and O–H groups in total. The van der Waals surface area contributed by atoms with Gasteiger partial charge in [-0.25, -0.2) is 14.3 Å². The first-order valence-corrected chi connectivity index (χ1v) is 13.5. The van der Waals surface area contributed by atoms with Gasteiger partial charge in [-0.2, -0.15) is 10.2 Å². The molecule has 206 valence electrons. The van der Waals surface area contributed by atoms with E-state index < -0.39 is 6.09 Å². The minimum Gasteiger partial charge on any atom is -0.448 e. The van der Waals surface area contributed by atoms with Crippen LogP contribution in [0.4, 0.5) is 22.0 Å². The number of rotatable bonds is 9. The van der Waals surface area contributed by atoms with Crippen LogP contribution in [-0.2, 0) is 22.4 Å². The third-order valence-electron chi connectivity index (χ3n) is 7.09. The molecule has 5 aromatic rings. The second-order valence-corrected chi connectivity index (χ2v) is 9.68. The number of nitrogens with one attached hydrogen (secondary N) is 2. The highest BCUT2D eigenvalue weighted by atomic mass is 16.5. The average molecular weight is 541 g/mol. The molecular formula is C29H32N8O3.